The van der Waals surface area contributed by atoms with Crippen molar-refractivity contribution in [3.63, 3.8) is 0 Å². The van der Waals surface area contributed by atoms with E-state index in [1.54, 1.807) is 0 Å². The Morgan fingerprint density at radius 2 is 1.76 bits per heavy atom. The van der Waals surface area contributed by atoms with Crippen LogP contribution in [0.4, 0.5) is 4.79 Å². The molecule has 4 heteroatoms. The number of piperidine rings is 1. The fraction of sp³-hybridized carbons (Fsp3) is 0.923. The van der Waals surface area contributed by atoms with Crippen molar-refractivity contribution in [3.8, 4) is 0 Å². The SMILES string of the molecule is CC[C@@H]1CC(N)C[C@H](CC)N1C(=O)OC(C)C. The summed E-state index contributed by atoms with van der Waals surface area (Å²) >= 11 is 0. The Labute approximate surface area is 104 Å². The molecule has 3 atom stereocenters. The summed E-state index contributed by atoms with van der Waals surface area (Å²) in [5.41, 5.74) is 6.05. The average molecular weight is 242 g/mol. The van der Waals surface area contributed by atoms with Gasteiger partial charge < -0.3 is 15.4 Å². The molecule has 0 saturated carbocycles. The zero-order valence-corrected chi connectivity index (χ0v) is 11.5. The molecule has 0 aromatic carbocycles. The number of ether oxygens (including phenoxy) is 1. The highest BCUT2D eigenvalue weighted by atomic mass is 16.6. The van der Waals surface area contributed by atoms with E-state index in [2.05, 4.69) is 13.8 Å². The minimum Gasteiger partial charge on any atom is -0.447 e. The van der Waals surface area contributed by atoms with Crippen LogP contribution in [0.3, 0.4) is 0 Å². The number of amides is 1. The molecule has 100 valence electrons. The maximum Gasteiger partial charge on any atom is 0.410 e. The van der Waals surface area contributed by atoms with E-state index in [0.717, 1.165) is 25.7 Å². The predicted octanol–water partition coefficient (Wildman–Crippen LogP) is 2.51. The van der Waals surface area contributed by atoms with Crippen molar-refractivity contribution in [2.24, 2.45) is 5.73 Å². The van der Waals surface area contributed by atoms with Crippen molar-refractivity contribution in [2.75, 3.05) is 0 Å². The first-order chi connectivity index (χ1) is 7.99. The Balaban J connectivity index is 2.78. The number of nitrogens with two attached hydrogens (primary N) is 1. The molecule has 1 aliphatic heterocycles. The van der Waals surface area contributed by atoms with Crippen molar-refractivity contribution in [1.82, 2.24) is 4.90 Å². The number of nitrogens with zero attached hydrogens (tertiary/aromatic N) is 1. The molecule has 0 aromatic heterocycles. The van der Waals surface area contributed by atoms with Gasteiger partial charge in [-0.2, -0.15) is 0 Å². The van der Waals surface area contributed by atoms with Crippen LogP contribution >= 0.6 is 0 Å². The molecule has 1 saturated heterocycles. The van der Waals surface area contributed by atoms with E-state index in [9.17, 15) is 4.79 Å². The van der Waals surface area contributed by atoms with E-state index in [1.807, 2.05) is 18.7 Å². The number of carbonyl (C=O) groups excluding carboxylic acids is 1. The first-order valence-electron chi connectivity index (χ1n) is 6.74. The summed E-state index contributed by atoms with van der Waals surface area (Å²) in [6.45, 7) is 7.97. The van der Waals surface area contributed by atoms with Crippen LogP contribution in [-0.2, 0) is 4.74 Å². The van der Waals surface area contributed by atoms with Crippen molar-refractivity contribution in [2.45, 2.75) is 77.6 Å². The van der Waals surface area contributed by atoms with Gasteiger partial charge in [0.05, 0.1) is 6.10 Å². The second kappa shape index (κ2) is 6.24. The molecular formula is C13H26N2O2. The lowest BCUT2D eigenvalue weighted by atomic mass is 9.89. The van der Waals surface area contributed by atoms with E-state index in [-0.39, 0.29) is 30.3 Å². The number of hydrogen-bond acceptors (Lipinski definition) is 3. The van der Waals surface area contributed by atoms with Gasteiger partial charge in [0, 0.05) is 18.1 Å². The first-order valence-corrected chi connectivity index (χ1v) is 6.74. The molecule has 0 spiro atoms. The van der Waals surface area contributed by atoms with E-state index in [1.165, 1.54) is 0 Å². The van der Waals surface area contributed by atoms with Crippen molar-refractivity contribution < 1.29 is 9.53 Å². The van der Waals surface area contributed by atoms with Gasteiger partial charge in [-0.15, -0.1) is 0 Å². The summed E-state index contributed by atoms with van der Waals surface area (Å²) in [5.74, 6) is 0. The van der Waals surface area contributed by atoms with Crippen LogP contribution in [0.2, 0.25) is 0 Å². The lowest BCUT2D eigenvalue weighted by Gasteiger charge is -2.43. The normalized spacial score (nSPS) is 29.5. The Morgan fingerprint density at radius 1 is 1.29 bits per heavy atom. The highest BCUT2D eigenvalue weighted by molar-refractivity contribution is 5.69. The largest absolute Gasteiger partial charge is 0.447 e. The average Bonchev–Trinajstić information content (AvgIpc) is 2.26. The van der Waals surface area contributed by atoms with Crippen molar-refractivity contribution >= 4 is 6.09 Å². The summed E-state index contributed by atoms with van der Waals surface area (Å²) in [4.78, 5) is 14.0. The molecule has 1 rings (SSSR count). The highest BCUT2D eigenvalue weighted by Gasteiger charge is 2.36. The van der Waals surface area contributed by atoms with E-state index in [4.69, 9.17) is 10.5 Å². The topological polar surface area (TPSA) is 55.6 Å². The number of hydrogen-bond donors (Lipinski definition) is 1. The van der Waals surface area contributed by atoms with Crippen molar-refractivity contribution in [1.29, 1.82) is 0 Å². The van der Waals surface area contributed by atoms with Crippen LogP contribution < -0.4 is 5.73 Å². The quantitative estimate of drug-likeness (QED) is 0.827. The zero-order valence-electron chi connectivity index (χ0n) is 11.5. The van der Waals surface area contributed by atoms with E-state index < -0.39 is 0 Å². The summed E-state index contributed by atoms with van der Waals surface area (Å²) in [7, 11) is 0. The van der Waals surface area contributed by atoms with E-state index >= 15 is 0 Å². The van der Waals surface area contributed by atoms with Crippen LogP contribution in [0.15, 0.2) is 0 Å². The number of rotatable bonds is 3. The molecule has 1 fully saturated rings. The molecule has 1 unspecified atom stereocenters. The van der Waals surface area contributed by atoms with Crippen LogP contribution in [0, 0.1) is 0 Å². The van der Waals surface area contributed by atoms with Gasteiger partial charge in [-0.25, -0.2) is 4.79 Å². The standard InChI is InChI=1S/C13H26N2O2/c1-5-11-7-10(14)8-12(6-2)15(11)13(16)17-9(3)4/h9-12H,5-8,14H2,1-4H3/t10?,11-,12+. The van der Waals surface area contributed by atoms with Gasteiger partial charge in [0.1, 0.15) is 0 Å². The summed E-state index contributed by atoms with van der Waals surface area (Å²) in [5, 5.41) is 0. The molecule has 0 radical (unpaired) electrons. The van der Waals surface area contributed by atoms with Gasteiger partial charge in [-0.05, 0) is 39.5 Å². The van der Waals surface area contributed by atoms with E-state index in [0.29, 0.717) is 0 Å². The Kier molecular flexibility index (Phi) is 5.25. The molecule has 0 bridgehead atoms. The van der Waals surface area contributed by atoms with Crippen LogP contribution in [0.25, 0.3) is 0 Å². The molecule has 1 heterocycles. The summed E-state index contributed by atoms with van der Waals surface area (Å²) < 4.78 is 5.34. The highest BCUT2D eigenvalue weighted by Crippen LogP contribution is 2.27. The summed E-state index contributed by atoms with van der Waals surface area (Å²) in [6.07, 6.45) is 3.42. The second-order valence-corrected chi connectivity index (χ2v) is 5.20. The van der Waals surface area contributed by atoms with Gasteiger partial charge in [0.25, 0.3) is 0 Å². The number of carbonyl (C=O) groups is 1. The lowest BCUT2D eigenvalue weighted by molar-refractivity contribution is 0.0239. The zero-order chi connectivity index (χ0) is 13.0. The van der Waals surface area contributed by atoms with Gasteiger partial charge in [0.15, 0.2) is 0 Å². The molecule has 4 nitrogen and oxygen atoms in total. The fourth-order valence-corrected chi connectivity index (χ4v) is 2.61. The van der Waals surface area contributed by atoms with Crippen LogP contribution in [-0.4, -0.2) is 35.2 Å². The summed E-state index contributed by atoms with van der Waals surface area (Å²) in [6, 6.07) is 0.679. The maximum atomic E-state index is 12.1. The third-order valence-corrected chi connectivity index (χ3v) is 3.43. The second-order valence-electron chi connectivity index (χ2n) is 5.20. The Hall–Kier alpha value is -0.770. The minimum absolute atomic E-state index is 0.0619. The number of likely N-dealkylation sites (tertiary alicyclic amines) is 1. The van der Waals surface area contributed by atoms with Gasteiger partial charge in [-0.1, -0.05) is 13.8 Å². The third kappa shape index (κ3) is 3.60. The molecular weight excluding hydrogens is 216 g/mol. The monoisotopic (exact) mass is 242 g/mol. The molecule has 0 aliphatic carbocycles. The molecule has 2 N–H and O–H groups in total. The maximum absolute atomic E-state index is 12.1. The van der Waals surface area contributed by atoms with Crippen molar-refractivity contribution in [3.05, 3.63) is 0 Å². The lowest BCUT2D eigenvalue weighted by Crippen LogP contribution is -2.55. The molecule has 1 aliphatic rings. The van der Waals surface area contributed by atoms with Gasteiger partial charge in [-0.3, -0.25) is 0 Å². The van der Waals surface area contributed by atoms with Crippen LogP contribution in [0.1, 0.15) is 53.4 Å². The minimum atomic E-state index is -0.175. The third-order valence-electron chi connectivity index (χ3n) is 3.43. The fourth-order valence-electron chi connectivity index (χ4n) is 2.61. The van der Waals surface area contributed by atoms with Crippen LogP contribution in [0.5, 0.6) is 0 Å². The first kappa shape index (κ1) is 14.3. The molecule has 17 heavy (non-hydrogen) atoms. The van der Waals surface area contributed by atoms with Gasteiger partial charge >= 0.3 is 6.09 Å². The molecule has 1 amide bonds. The smallest absolute Gasteiger partial charge is 0.410 e. The predicted molar refractivity (Wildman–Crippen MR) is 68.8 cm³/mol. The van der Waals surface area contributed by atoms with Gasteiger partial charge in [0.2, 0.25) is 0 Å². The Morgan fingerprint density at radius 3 is 2.12 bits per heavy atom. The Bertz CT molecular complexity index is 242. The molecule has 0 aromatic rings.